The van der Waals surface area contributed by atoms with Gasteiger partial charge in [-0.1, -0.05) is 13.8 Å². The summed E-state index contributed by atoms with van der Waals surface area (Å²) >= 11 is 1.71. The number of carbonyl (C=O) groups is 2. The van der Waals surface area contributed by atoms with Gasteiger partial charge in [0.05, 0.1) is 6.54 Å². The van der Waals surface area contributed by atoms with Gasteiger partial charge in [0.2, 0.25) is 11.8 Å². The van der Waals surface area contributed by atoms with Crippen LogP contribution in [0.2, 0.25) is 0 Å². The standard InChI is InChI=1S/C12H22N2O2S/c1-8(2)10-11(16)14(6-9(15)13-10)7-12(3,4)17-5/h8,10H,6-7H2,1-5H3,(H,13,15). The molecule has 1 saturated heterocycles. The summed E-state index contributed by atoms with van der Waals surface area (Å²) in [6.45, 7) is 8.87. The topological polar surface area (TPSA) is 49.4 Å². The summed E-state index contributed by atoms with van der Waals surface area (Å²) in [6, 6.07) is -0.367. The molecule has 1 heterocycles. The maximum absolute atomic E-state index is 12.2. The first-order valence-corrected chi connectivity index (χ1v) is 7.12. The lowest BCUT2D eigenvalue weighted by Crippen LogP contribution is -2.61. The van der Waals surface area contributed by atoms with Crippen molar-refractivity contribution in [2.24, 2.45) is 5.92 Å². The van der Waals surface area contributed by atoms with Crippen molar-refractivity contribution < 1.29 is 9.59 Å². The van der Waals surface area contributed by atoms with Gasteiger partial charge in [-0.3, -0.25) is 9.59 Å². The first kappa shape index (κ1) is 14.4. The van der Waals surface area contributed by atoms with Crippen LogP contribution in [0.3, 0.4) is 0 Å². The summed E-state index contributed by atoms with van der Waals surface area (Å²) in [5.41, 5.74) is 0. The van der Waals surface area contributed by atoms with E-state index in [1.807, 2.05) is 20.1 Å². The molecule has 0 bridgehead atoms. The van der Waals surface area contributed by atoms with E-state index in [1.165, 1.54) is 0 Å². The Labute approximate surface area is 108 Å². The molecule has 1 N–H and O–H groups in total. The first-order valence-electron chi connectivity index (χ1n) is 5.90. The van der Waals surface area contributed by atoms with Crippen LogP contribution in [0.15, 0.2) is 0 Å². The third-order valence-corrected chi connectivity index (χ3v) is 4.25. The van der Waals surface area contributed by atoms with Gasteiger partial charge < -0.3 is 10.2 Å². The second-order valence-electron chi connectivity index (χ2n) is 5.45. The highest BCUT2D eigenvalue weighted by molar-refractivity contribution is 7.99. The molecule has 0 aromatic rings. The molecule has 2 amide bonds. The van der Waals surface area contributed by atoms with Crippen LogP contribution in [0.1, 0.15) is 27.7 Å². The van der Waals surface area contributed by atoms with E-state index >= 15 is 0 Å². The van der Waals surface area contributed by atoms with E-state index in [-0.39, 0.29) is 35.1 Å². The second kappa shape index (κ2) is 5.29. The molecular formula is C12H22N2O2S. The average molecular weight is 258 g/mol. The molecule has 1 unspecified atom stereocenters. The minimum Gasteiger partial charge on any atom is -0.343 e. The van der Waals surface area contributed by atoms with E-state index in [2.05, 4.69) is 19.2 Å². The molecule has 0 aromatic carbocycles. The summed E-state index contributed by atoms with van der Waals surface area (Å²) in [7, 11) is 0. The van der Waals surface area contributed by atoms with Crippen molar-refractivity contribution in [2.45, 2.75) is 38.5 Å². The zero-order valence-electron chi connectivity index (χ0n) is 11.2. The Morgan fingerprint density at radius 1 is 1.47 bits per heavy atom. The third-order valence-electron chi connectivity index (χ3n) is 3.02. The zero-order chi connectivity index (χ0) is 13.2. The van der Waals surface area contributed by atoms with E-state index in [4.69, 9.17) is 0 Å². The number of nitrogens with one attached hydrogen (secondary N) is 1. The van der Waals surface area contributed by atoms with Crippen LogP contribution in [0.25, 0.3) is 0 Å². The Kier molecular flexibility index (Phi) is 4.47. The van der Waals surface area contributed by atoms with Crippen LogP contribution >= 0.6 is 11.8 Å². The average Bonchev–Trinajstić information content (AvgIpc) is 2.22. The van der Waals surface area contributed by atoms with Gasteiger partial charge >= 0.3 is 0 Å². The summed E-state index contributed by atoms with van der Waals surface area (Å²) < 4.78 is -0.0190. The molecule has 98 valence electrons. The lowest BCUT2D eigenvalue weighted by atomic mass is 10.00. The Morgan fingerprint density at radius 2 is 2.06 bits per heavy atom. The number of nitrogens with zero attached hydrogens (tertiary/aromatic N) is 1. The van der Waals surface area contributed by atoms with Crippen LogP contribution in [0, 0.1) is 5.92 Å². The molecule has 4 nitrogen and oxygen atoms in total. The van der Waals surface area contributed by atoms with Crippen LogP contribution in [0.4, 0.5) is 0 Å². The van der Waals surface area contributed by atoms with Crippen molar-refractivity contribution in [2.75, 3.05) is 19.3 Å². The van der Waals surface area contributed by atoms with Crippen LogP contribution < -0.4 is 5.32 Å². The smallest absolute Gasteiger partial charge is 0.245 e. The Hall–Kier alpha value is -0.710. The first-order chi connectivity index (χ1) is 7.76. The minimum atomic E-state index is -0.367. The van der Waals surface area contributed by atoms with E-state index in [0.717, 1.165) is 0 Å². The highest BCUT2D eigenvalue weighted by atomic mass is 32.2. The Bertz CT molecular complexity index is 316. The number of hydrogen-bond acceptors (Lipinski definition) is 3. The molecule has 5 heteroatoms. The van der Waals surface area contributed by atoms with Gasteiger partial charge in [-0.15, -0.1) is 0 Å². The number of piperazine rings is 1. The molecule has 1 aliphatic rings. The van der Waals surface area contributed by atoms with Crippen molar-refractivity contribution in [3.05, 3.63) is 0 Å². The number of hydrogen-bond donors (Lipinski definition) is 1. The van der Waals surface area contributed by atoms with E-state index in [0.29, 0.717) is 6.54 Å². The number of amides is 2. The van der Waals surface area contributed by atoms with E-state index < -0.39 is 0 Å². The van der Waals surface area contributed by atoms with Gasteiger partial charge in [-0.05, 0) is 26.0 Å². The van der Waals surface area contributed by atoms with Crippen molar-refractivity contribution in [3.63, 3.8) is 0 Å². The van der Waals surface area contributed by atoms with Gasteiger partial charge in [0.25, 0.3) is 0 Å². The number of rotatable bonds is 4. The molecule has 1 fully saturated rings. The van der Waals surface area contributed by atoms with Gasteiger partial charge in [0.1, 0.15) is 6.04 Å². The lowest BCUT2D eigenvalue weighted by Gasteiger charge is -2.38. The maximum atomic E-state index is 12.2. The normalized spacial score (nSPS) is 22.0. The summed E-state index contributed by atoms with van der Waals surface area (Å²) in [4.78, 5) is 25.5. The number of carbonyl (C=O) groups excluding carboxylic acids is 2. The SMILES string of the molecule is CSC(C)(C)CN1CC(=O)NC(C(C)C)C1=O. The van der Waals surface area contributed by atoms with Crippen molar-refractivity contribution in [3.8, 4) is 0 Å². The van der Waals surface area contributed by atoms with E-state index in [1.54, 1.807) is 16.7 Å². The maximum Gasteiger partial charge on any atom is 0.245 e. The predicted molar refractivity (Wildman–Crippen MR) is 70.9 cm³/mol. The van der Waals surface area contributed by atoms with Crippen LogP contribution in [-0.4, -0.2) is 46.8 Å². The monoisotopic (exact) mass is 258 g/mol. The molecule has 0 spiro atoms. The molecule has 0 radical (unpaired) electrons. The molecule has 1 rings (SSSR count). The minimum absolute atomic E-state index is 0.0190. The van der Waals surface area contributed by atoms with Gasteiger partial charge in [0.15, 0.2) is 0 Å². The zero-order valence-corrected chi connectivity index (χ0v) is 12.1. The Balaban J connectivity index is 2.78. The molecule has 0 aliphatic carbocycles. The van der Waals surface area contributed by atoms with Crippen molar-refractivity contribution in [1.29, 1.82) is 0 Å². The fraction of sp³-hybridized carbons (Fsp3) is 0.833. The molecule has 1 atom stereocenters. The van der Waals surface area contributed by atoms with Crippen molar-refractivity contribution >= 4 is 23.6 Å². The van der Waals surface area contributed by atoms with E-state index in [9.17, 15) is 9.59 Å². The summed E-state index contributed by atoms with van der Waals surface area (Å²) in [6.07, 6.45) is 2.02. The summed E-state index contributed by atoms with van der Waals surface area (Å²) in [5, 5.41) is 2.76. The largest absolute Gasteiger partial charge is 0.343 e. The second-order valence-corrected chi connectivity index (χ2v) is 6.96. The van der Waals surface area contributed by atoms with Gasteiger partial charge in [-0.2, -0.15) is 11.8 Å². The summed E-state index contributed by atoms with van der Waals surface area (Å²) in [5.74, 6) is 0.119. The molecule has 1 aliphatic heterocycles. The molecule has 17 heavy (non-hydrogen) atoms. The van der Waals surface area contributed by atoms with Crippen LogP contribution in [-0.2, 0) is 9.59 Å². The molecule has 0 saturated carbocycles. The van der Waals surface area contributed by atoms with Gasteiger partial charge in [0, 0.05) is 11.3 Å². The molecule has 0 aromatic heterocycles. The molecular weight excluding hydrogens is 236 g/mol. The van der Waals surface area contributed by atoms with Crippen LogP contribution in [0.5, 0.6) is 0 Å². The van der Waals surface area contributed by atoms with Crippen molar-refractivity contribution in [1.82, 2.24) is 10.2 Å². The van der Waals surface area contributed by atoms with Gasteiger partial charge in [-0.25, -0.2) is 0 Å². The fourth-order valence-electron chi connectivity index (χ4n) is 1.84. The Morgan fingerprint density at radius 3 is 2.53 bits per heavy atom. The third kappa shape index (κ3) is 3.63. The highest BCUT2D eigenvalue weighted by Gasteiger charge is 2.36. The fourth-order valence-corrected chi connectivity index (χ4v) is 2.12. The highest BCUT2D eigenvalue weighted by Crippen LogP contribution is 2.24. The quantitative estimate of drug-likeness (QED) is 0.822. The lowest BCUT2D eigenvalue weighted by molar-refractivity contribution is -0.145. The predicted octanol–water partition coefficient (Wildman–Crippen LogP) is 1.11. The number of thioether (sulfide) groups is 1.